The van der Waals surface area contributed by atoms with Gasteiger partial charge in [-0.2, -0.15) is 0 Å². The molecule has 5 nitrogen and oxygen atoms in total. The first-order chi connectivity index (χ1) is 8.43. The number of sulfone groups is 1. The highest BCUT2D eigenvalue weighted by molar-refractivity contribution is 7.90. The van der Waals surface area contributed by atoms with E-state index in [9.17, 15) is 13.2 Å². The lowest BCUT2D eigenvalue weighted by molar-refractivity contribution is 0.0699. The van der Waals surface area contributed by atoms with Crippen molar-refractivity contribution >= 4 is 26.7 Å². The smallest absolute Gasteiger partial charge is 0.336 e. The minimum atomic E-state index is -3.13. The largest absolute Gasteiger partial charge is 0.478 e. The molecule has 0 aliphatic carbocycles. The first-order valence-electron chi connectivity index (χ1n) is 5.47. The number of fused-ring (bicyclic) bond motifs is 1. The highest BCUT2D eigenvalue weighted by Crippen LogP contribution is 2.21. The molecule has 2 rings (SSSR count). The summed E-state index contributed by atoms with van der Waals surface area (Å²) in [5.41, 5.74) is 1.32. The van der Waals surface area contributed by atoms with E-state index >= 15 is 0 Å². The molecule has 0 radical (unpaired) electrons. The molecular weight excluding hydrogens is 254 g/mol. The molecule has 0 saturated carbocycles. The highest BCUT2D eigenvalue weighted by Gasteiger charge is 2.14. The van der Waals surface area contributed by atoms with Gasteiger partial charge in [-0.15, -0.1) is 0 Å². The number of hydrogen-bond donors (Lipinski definition) is 2. The number of aromatic amines is 1. The number of aromatic carboxylic acids is 1. The Kier molecular flexibility index (Phi) is 3.13. The third-order valence-electron chi connectivity index (χ3n) is 2.77. The van der Waals surface area contributed by atoms with Gasteiger partial charge in [-0.3, -0.25) is 0 Å². The van der Waals surface area contributed by atoms with Crippen molar-refractivity contribution in [3.05, 3.63) is 35.5 Å². The van der Waals surface area contributed by atoms with Gasteiger partial charge in [0, 0.05) is 22.3 Å². The third-order valence-corrected chi connectivity index (χ3v) is 4.40. The number of carboxylic acids is 1. The van der Waals surface area contributed by atoms with E-state index < -0.39 is 15.8 Å². The van der Waals surface area contributed by atoms with E-state index in [1.165, 1.54) is 6.07 Å². The molecule has 1 heterocycles. The molecule has 0 unspecified atom stereocenters. The van der Waals surface area contributed by atoms with Gasteiger partial charge in [0.05, 0.1) is 11.3 Å². The second-order valence-electron chi connectivity index (χ2n) is 4.04. The topological polar surface area (TPSA) is 87.2 Å². The molecule has 0 aliphatic heterocycles. The Hall–Kier alpha value is -1.82. The minimum absolute atomic E-state index is 0.0636. The quantitative estimate of drug-likeness (QED) is 0.884. The molecule has 1 aromatic carbocycles. The first-order valence-corrected chi connectivity index (χ1v) is 7.29. The van der Waals surface area contributed by atoms with Gasteiger partial charge in [-0.1, -0.05) is 13.0 Å². The zero-order chi connectivity index (χ0) is 13.3. The van der Waals surface area contributed by atoms with E-state index in [2.05, 4.69) is 4.98 Å². The molecule has 0 fully saturated rings. The van der Waals surface area contributed by atoms with Gasteiger partial charge in [-0.05, 0) is 18.2 Å². The first kappa shape index (κ1) is 12.6. The van der Waals surface area contributed by atoms with Gasteiger partial charge in [0.15, 0.2) is 9.84 Å². The van der Waals surface area contributed by atoms with Gasteiger partial charge < -0.3 is 10.1 Å². The number of aromatic nitrogens is 1. The summed E-state index contributed by atoms with van der Waals surface area (Å²) in [6.45, 7) is 1.58. The van der Waals surface area contributed by atoms with Crippen LogP contribution in [0.1, 0.15) is 23.0 Å². The lowest BCUT2D eigenvalue weighted by Gasteiger charge is -1.97. The second kappa shape index (κ2) is 4.45. The molecule has 0 atom stereocenters. The van der Waals surface area contributed by atoms with E-state index in [0.29, 0.717) is 16.6 Å². The average Bonchev–Trinajstić information content (AvgIpc) is 2.69. The van der Waals surface area contributed by atoms with Crippen molar-refractivity contribution in [3.8, 4) is 0 Å². The van der Waals surface area contributed by atoms with Crippen LogP contribution in [-0.2, 0) is 15.6 Å². The Bertz CT molecular complexity index is 700. The molecule has 2 aromatic rings. The van der Waals surface area contributed by atoms with Crippen LogP contribution in [0.3, 0.4) is 0 Å². The predicted octanol–water partition coefficient (Wildman–Crippen LogP) is 1.80. The number of carboxylic acid groups (broad SMARTS) is 1. The Morgan fingerprint density at radius 3 is 2.72 bits per heavy atom. The summed E-state index contributed by atoms with van der Waals surface area (Å²) in [6.07, 6.45) is 0. The SMILES string of the molecule is CCS(=O)(=O)Cc1cc2c(C(=O)O)cccc2[nH]1. The molecule has 96 valence electrons. The summed E-state index contributed by atoms with van der Waals surface area (Å²) < 4.78 is 23.1. The van der Waals surface area contributed by atoms with Gasteiger partial charge >= 0.3 is 5.97 Å². The van der Waals surface area contributed by atoms with Crippen LogP contribution in [0.25, 0.3) is 10.9 Å². The van der Waals surface area contributed by atoms with E-state index in [1.807, 2.05) is 0 Å². The van der Waals surface area contributed by atoms with Crippen LogP contribution in [0.4, 0.5) is 0 Å². The fourth-order valence-corrected chi connectivity index (χ4v) is 2.65. The molecule has 18 heavy (non-hydrogen) atoms. The summed E-state index contributed by atoms with van der Waals surface area (Å²) in [7, 11) is -3.13. The molecule has 2 N–H and O–H groups in total. The van der Waals surface area contributed by atoms with Crippen LogP contribution in [0, 0.1) is 0 Å². The molecule has 1 aromatic heterocycles. The Balaban J connectivity index is 2.51. The van der Waals surface area contributed by atoms with Crippen LogP contribution < -0.4 is 0 Å². The summed E-state index contributed by atoms with van der Waals surface area (Å²) in [5.74, 6) is -1.06. The van der Waals surface area contributed by atoms with Gasteiger partial charge in [0.2, 0.25) is 0 Å². The Labute approximate surface area is 104 Å². The van der Waals surface area contributed by atoms with Crippen LogP contribution in [0.2, 0.25) is 0 Å². The van der Waals surface area contributed by atoms with Crippen molar-refractivity contribution in [1.82, 2.24) is 4.98 Å². The van der Waals surface area contributed by atoms with Gasteiger partial charge in [-0.25, -0.2) is 13.2 Å². The fourth-order valence-electron chi connectivity index (χ4n) is 1.82. The van der Waals surface area contributed by atoms with Crippen LogP contribution in [-0.4, -0.2) is 30.2 Å². The molecule has 0 spiro atoms. The normalized spacial score (nSPS) is 11.8. The van der Waals surface area contributed by atoms with E-state index in [-0.39, 0.29) is 17.1 Å². The number of rotatable bonds is 4. The van der Waals surface area contributed by atoms with E-state index in [4.69, 9.17) is 5.11 Å². The predicted molar refractivity (Wildman–Crippen MR) is 68.4 cm³/mol. The van der Waals surface area contributed by atoms with Crippen molar-refractivity contribution < 1.29 is 18.3 Å². The Morgan fingerprint density at radius 2 is 2.11 bits per heavy atom. The summed E-state index contributed by atoms with van der Waals surface area (Å²) >= 11 is 0. The van der Waals surface area contributed by atoms with Crippen LogP contribution >= 0.6 is 0 Å². The number of H-pyrrole nitrogens is 1. The zero-order valence-corrected chi connectivity index (χ0v) is 10.6. The lowest BCUT2D eigenvalue weighted by atomic mass is 10.1. The van der Waals surface area contributed by atoms with Crippen molar-refractivity contribution in [3.63, 3.8) is 0 Å². The average molecular weight is 267 g/mol. The Morgan fingerprint density at radius 1 is 1.39 bits per heavy atom. The van der Waals surface area contributed by atoms with Crippen molar-refractivity contribution in [2.75, 3.05) is 5.75 Å². The van der Waals surface area contributed by atoms with Crippen molar-refractivity contribution in [1.29, 1.82) is 0 Å². The summed E-state index contributed by atoms with van der Waals surface area (Å²) in [4.78, 5) is 14.0. The lowest BCUT2D eigenvalue weighted by Crippen LogP contribution is -2.06. The van der Waals surface area contributed by atoms with E-state index in [1.54, 1.807) is 25.1 Å². The molecule has 0 aliphatic rings. The van der Waals surface area contributed by atoms with Crippen molar-refractivity contribution in [2.45, 2.75) is 12.7 Å². The molecule has 0 bridgehead atoms. The monoisotopic (exact) mass is 267 g/mol. The van der Waals surface area contributed by atoms with E-state index in [0.717, 1.165) is 0 Å². The van der Waals surface area contributed by atoms with Gasteiger partial charge in [0.25, 0.3) is 0 Å². The van der Waals surface area contributed by atoms with Crippen LogP contribution in [0.15, 0.2) is 24.3 Å². The van der Waals surface area contributed by atoms with Crippen LogP contribution in [0.5, 0.6) is 0 Å². The van der Waals surface area contributed by atoms with Crippen molar-refractivity contribution in [2.24, 2.45) is 0 Å². The third kappa shape index (κ3) is 2.38. The zero-order valence-electron chi connectivity index (χ0n) is 9.80. The maximum atomic E-state index is 11.5. The standard InChI is InChI=1S/C12H13NO4S/c1-2-18(16,17)7-8-6-10-9(12(14)15)4-3-5-11(10)13-8/h3-6,13H,2,7H2,1H3,(H,14,15). The molecule has 6 heteroatoms. The number of hydrogen-bond acceptors (Lipinski definition) is 3. The molecule has 0 amide bonds. The summed E-state index contributed by atoms with van der Waals surface area (Å²) in [6, 6.07) is 6.44. The molecule has 0 saturated heterocycles. The minimum Gasteiger partial charge on any atom is -0.478 e. The highest BCUT2D eigenvalue weighted by atomic mass is 32.2. The summed E-state index contributed by atoms with van der Waals surface area (Å²) in [5, 5.41) is 9.57. The number of benzene rings is 1. The molecular formula is C12H13NO4S. The fraction of sp³-hybridized carbons (Fsp3) is 0.250. The number of nitrogens with one attached hydrogen (secondary N) is 1. The maximum Gasteiger partial charge on any atom is 0.336 e. The maximum absolute atomic E-state index is 11.5. The second-order valence-corrected chi connectivity index (χ2v) is 6.40. The number of carbonyl (C=O) groups is 1. The van der Waals surface area contributed by atoms with Gasteiger partial charge in [0.1, 0.15) is 0 Å².